The van der Waals surface area contributed by atoms with E-state index in [0.29, 0.717) is 28.8 Å². The second-order valence-corrected chi connectivity index (χ2v) is 5.14. The van der Waals surface area contributed by atoms with E-state index in [2.05, 4.69) is 13.2 Å². The van der Waals surface area contributed by atoms with Gasteiger partial charge in [-0.25, -0.2) is 4.79 Å². The van der Waals surface area contributed by atoms with Crippen LogP contribution < -0.4 is 0 Å². The Morgan fingerprint density at radius 3 is 2.91 bits per heavy atom. The summed E-state index contributed by atoms with van der Waals surface area (Å²) in [5.41, 5.74) is 2.80. The monoisotopic (exact) mass is 305 g/mol. The molecule has 1 aliphatic heterocycles. The first kappa shape index (κ1) is 14.8. The number of hydrogen-bond donors (Lipinski definition) is 0. The van der Waals surface area contributed by atoms with E-state index in [4.69, 9.17) is 4.84 Å². The molecule has 23 heavy (non-hydrogen) atoms. The topological polar surface area (TPSA) is 46.6 Å². The molecule has 114 valence electrons. The normalized spacial score (nSPS) is 16.4. The zero-order valence-electron chi connectivity index (χ0n) is 12.5. The van der Waals surface area contributed by atoms with Crippen LogP contribution in [0.25, 0.3) is 6.08 Å². The molecule has 4 heteroatoms. The van der Waals surface area contributed by atoms with Gasteiger partial charge in [-0.1, -0.05) is 55.7 Å². The fourth-order valence-corrected chi connectivity index (χ4v) is 2.48. The van der Waals surface area contributed by atoms with Gasteiger partial charge in [0.25, 0.3) is 5.91 Å². The predicted molar refractivity (Wildman–Crippen MR) is 87.9 cm³/mol. The number of hydroxylamine groups is 2. The van der Waals surface area contributed by atoms with Crippen molar-refractivity contribution in [2.75, 3.05) is 0 Å². The van der Waals surface area contributed by atoms with E-state index in [9.17, 15) is 9.59 Å². The molecule has 1 amide bonds. The number of benzene rings is 1. The summed E-state index contributed by atoms with van der Waals surface area (Å²) in [6, 6.07) is 6.83. The van der Waals surface area contributed by atoms with Gasteiger partial charge in [-0.2, -0.15) is 0 Å². The largest absolute Gasteiger partial charge is 0.363 e. The van der Waals surface area contributed by atoms with Crippen LogP contribution >= 0.6 is 0 Å². The fourth-order valence-electron chi connectivity index (χ4n) is 2.48. The van der Waals surface area contributed by atoms with Gasteiger partial charge < -0.3 is 4.84 Å². The number of nitrogens with zero attached hydrogens (tertiary/aromatic N) is 1. The highest BCUT2D eigenvalue weighted by Gasteiger charge is 2.35. The van der Waals surface area contributed by atoms with Gasteiger partial charge in [-0.05, 0) is 24.1 Å². The zero-order chi connectivity index (χ0) is 16.4. The number of allylic oxidation sites excluding steroid dienone is 4. The highest BCUT2D eigenvalue weighted by atomic mass is 16.7. The second kappa shape index (κ2) is 5.93. The van der Waals surface area contributed by atoms with Crippen LogP contribution in [0.15, 0.2) is 78.6 Å². The lowest BCUT2D eigenvalue weighted by Crippen LogP contribution is -2.29. The third-order valence-electron chi connectivity index (χ3n) is 3.69. The quantitative estimate of drug-likeness (QED) is 0.857. The zero-order valence-corrected chi connectivity index (χ0v) is 12.5. The van der Waals surface area contributed by atoms with Crippen LogP contribution in [0.4, 0.5) is 0 Å². The van der Waals surface area contributed by atoms with Gasteiger partial charge >= 0.3 is 5.97 Å². The van der Waals surface area contributed by atoms with Crippen LogP contribution in [0.5, 0.6) is 0 Å². The van der Waals surface area contributed by atoms with E-state index >= 15 is 0 Å². The molecular formula is C19H15NO3. The molecule has 1 heterocycles. The molecule has 0 fully saturated rings. The Morgan fingerprint density at radius 1 is 1.30 bits per heavy atom. The van der Waals surface area contributed by atoms with Gasteiger partial charge in [0.15, 0.2) is 0 Å². The summed E-state index contributed by atoms with van der Waals surface area (Å²) in [4.78, 5) is 30.0. The van der Waals surface area contributed by atoms with Crippen LogP contribution in [-0.4, -0.2) is 16.9 Å². The van der Waals surface area contributed by atoms with Crippen molar-refractivity contribution in [1.29, 1.82) is 0 Å². The highest BCUT2D eigenvalue weighted by Crippen LogP contribution is 2.33. The summed E-state index contributed by atoms with van der Waals surface area (Å²) in [6.45, 7) is 7.53. The van der Waals surface area contributed by atoms with Crippen molar-refractivity contribution in [3.05, 3.63) is 89.7 Å². The molecule has 0 bridgehead atoms. The van der Waals surface area contributed by atoms with Crippen molar-refractivity contribution in [2.24, 2.45) is 0 Å². The molecule has 0 aromatic heterocycles. The van der Waals surface area contributed by atoms with Crippen molar-refractivity contribution in [3.8, 4) is 0 Å². The summed E-state index contributed by atoms with van der Waals surface area (Å²) in [5, 5.41) is 0.969. The smallest absolute Gasteiger partial charge is 0.327 e. The SMILES string of the molecule is C=Cc1cccc(C(=O)ON2C(=C)C3=C(CC=CC=C3)C2=O)c1. The second-order valence-electron chi connectivity index (χ2n) is 5.14. The van der Waals surface area contributed by atoms with E-state index in [1.807, 2.05) is 24.3 Å². The molecule has 0 saturated carbocycles. The van der Waals surface area contributed by atoms with Gasteiger partial charge in [-0.15, -0.1) is 5.06 Å². The van der Waals surface area contributed by atoms with Crippen molar-refractivity contribution in [2.45, 2.75) is 6.42 Å². The summed E-state index contributed by atoms with van der Waals surface area (Å²) in [5.74, 6) is -0.963. The molecule has 2 aliphatic rings. The van der Waals surface area contributed by atoms with E-state index in [-0.39, 0.29) is 5.91 Å². The molecule has 0 radical (unpaired) electrons. The molecule has 1 aromatic carbocycles. The minimum atomic E-state index is -0.611. The summed E-state index contributed by atoms with van der Waals surface area (Å²) in [6.07, 6.45) is 9.50. The molecule has 0 atom stereocenters. The van der Waals surface area contributed by atoms with Crippen molar-refractivity contribution < 1.29 is 14.4 Å². The summed E-state index contributed by atoms with van der Waals surface area (Å²) in [7, 11) is 0. The van der Waals surface area contributed by atoms with Gasteiger partial charge in [0.1, 0.15) is 0 Å². The Bertz CT molecular complexity index is 812. The highest BCUT2D eigenvalue weighted by molar-refractivity contribution is 6.02. The fraction of sp³-hybridized carbons (Fsp3) is 0.0526. The third-order valence-corrected chi connectivity index (χ3v) is 3.69. The van der Waals surface area contributed by atoms with Crippen molar-refractivity contribution >= 4 is 18.0 Å². The van der Waals surface area contributed by atoms with Crippen LogP contribution in [-0.2, 0) is 9.63 Å². The molecular weight excluding hydrogens is 290 g/mol. The Hall–Kier alpha value is -3.14. The third kappa shape index (κ3) is 2.66. The van der Waals surface area contributed by atoms with E-state index in [1.165, 1.54) is 0 Å². The average molecular weight is 305 g/mol. The number of amides is 1. The van der Waals surface area contributed by atoms with Gasteiger partial charge in [0, 0.05) is 11.1 Å². The van der Waals surface area contributed by atoms with Crippen molar-refractivity contribution in [3.63, 3.8) is 0 Å². The number of rotatable bonds is 3. The maximum Gasteiger partial charge on any atom is 0.363 e. The molecule has 0 unspecified atom stereocenters. The van der Waals surface area contributed by atoms with Gasteiger partial charge in [0.2, 0.25) is 0 Å². The molecule has 3 rings (SSSR count). The average Bonchev–Trinajstić information content (AvgIpc) is 2.77. The van der Waals surface area contributed by atoms with Crippen molar-refractivity contribution in [1.82, 2.24) is 5.06 Å². The molecule has 1 aliphatic carbocycles. The summed E-state index contributed by atoms with van der Waals surface area (Å²) < 4.78 is 0. The van der Waals surface area contributed by atoms with Crippen LogP contribution in [0.3, 0.4) is 0 Å². The van der Waals surface area contributed by atoms with E-state index in [0.717, 1.165) is 10.6 Å². The van der Waals surface area contributed by atoms with Crippen LogP contribution in [0.2, 0.25) is 0 Å². The Labute approximate surface area is 134 Å². The minimum absolute atomic E-state index is 0.348. The molecule has 4 nitrogen and oxygen atoms in total. The van der Waals surface area contributed by atoms with E-state index in [1.54, 1.807) is 30.4 Å². The lowest BCUT2D eigenvalue weighted by atomic mass is 10.1. The van der Waals surface area contributed by atoms with E-state index < -0.39 is 5.97 Å². The standard InChI is InChI=1S/C19H15NO3/c1-3-14-8-7-9-15(12-14)19(22)23-20-13(2)16-10-5-4-6-11-17(16)18(20)21/h3-10,12H,1-2,11H2. The van der Waals surface area contributed by atoms with Gasteiger partial charge in [-0.3, -0.25) is 4.79 Å². The molecule has 0 spiro atoms. The predicted octanol–water partition coefficient (Wildman–Crippen LogP) is 3.57. The first-order chi connectivity index (χ1) is 11.1. The minimum Gasteiger partial charge on any atom is -0.327 e. The maximum atomic E-state index is 12.4. The number of carbonyl (C=O) groups excluding carboxylic acids is 2. The molecule has 0 saturated heterocycles. The number of carbonyl (C=O) groups is 2. The number of hydrogen-bond acceptors (Lipinski definition) is 3. The Balaban J connectivity index is 1.81. The lowest BCUT2D eigenvalue weighted by molar-refractivity contribution is -0.151. The molecule has 0 N–H and O–H groups in total. The Morgan fingerprint density at radius 2 is 2.13 bits per heavy atom. The summed E-state index contributed by atoms with van der Waals surface area (Å²) >= 11 is 0. The first-order valence-electron chi connectivity index (χ1n) is 7.16. The Kier molecular flexibility index (Phi) is 3.81. The van der Waals surface area contributed by atoms with Crippen LogP contribution in [0, 0.1) is 0 Å². The van der Waals surface area contributed by atoms with Gasteiger partial charge in [0.05, 0.1) is 11.3 Å². The lowest BCUT2D eigenvalue weighted by Gasteiger charge is -2.17. The van der Waals surface area contributed by atoms with Crippen LogP contribution in [0.1, 0.15) is 22.3 Å². The maximum absolute atomic E-state index is 12.4. The first-order valence-corrected chi connectivity index (χ1v) is 7.16. The molecule has 1 aromatic rings.